The summed E-state index contributed by atoms with van der Waals surface area (Å²) >= 11 is 1.26. The Morgan fingerprint density at radius 1 is 1.09 bits per heavy atom. The van der Waals surface area contributed by atoms with Crippen molar-refractivity contribution in [2.75, 3.05) is 17.2 Å². The maximum Gasteiger partial charge on any atom is 0.573 e. The zero-order chi connectivity index (χ0) is 32.0. The molecule has 3 amide bonds. The number of halogens is 3. The molecule has 0 spiro atoms. The number of alkyl halides is 3. The number of carbonyl (C=O) groups is 2. The fourth-order valence-corrected chi connectivity index (χ4v) is 5.80. The number of ether oxygens (including phenoxy) is 1. The fraction of sp³-hybridized carbons (Fsp3) is 0.281. The van der Waals surface area contributed by atoms with Crippen LogP contribution < -0.4 is 15.0 Å². The Morgan fingerprint density at radius 3 is 2.62 bits per heavy atom. The molecule has 0 unspecified atom stereocenters. The highest BCUT2D eigenvalue weighted by Gasteiger charge is 2.33. The molecule has 1 aliphatic heterocycles. The molecule has 0 saturated carbocycles. The number of thioether (sulfide) groups is 1. The van der Waals surface area contributed by atoms with Crippen LogP contribution in [0.3, 0.4) is 0 Å². The van der Waals surface area contributed by atoms with Crippen molar-refractivity contribution in [3.63, 3.8) is 0 Å². The van der Waals surface area contributed by atoms with Crippen molar-refractivity contribution in [1.82, 2.24) is 20.1 Å². The monoisotopic (exact) mass is 636 g/mol. The van der Waals surface area contributed by atoms with E-state index in [1.807, 2.05) is 56.3 Å². The second kappa shape index (κ2) is 14.0. The highest BCUT2D eigenvalue weighted by atomic mass is 32.2. The van der Waals surface area contributed by atoms with E-state index in [0.29, 0.717) is 23.2 Å². The number of hydrogen-bond donors (Lipinski definition) is 1. The minimum Gasteiger partial charge on any atom is -0.406 e. The third-order valence-electron chi connectivity index (χ3n) is 7.07. The highest BCUT2D eigenvalue weighted by Crippen LogP contribution is 2.33. The minimum absolute atomic E-state index is 0.0895. The summed E-state index contributed by atoms with van der Waals surface area (Å²) in [7, 11) is 0. The lowest BCUT2D eigenvalue weighted by atomic mass is 10.0. The minimum atomic E-state index is -4.75. The number of urea groups is 1. The van der Waals surface area contributed by atoms with Gasteiger partial charge in [0.05, 0.1) is 17.1 Å². The average molecular weight is 637 g/mol. The Morgan fingerprint density at radius 2 is 1.87 bits per heavy atom. The van der Waals surface area contributed by atoms with Gasteiger partial charge in [0.15, 0.2) is 11.0 Å². The topological polar surface area (TPSA) is 102 Å². The molecule has 45 heavy (non-hydrogen) atoms. The van der Waals surface area contributed by atoms with Crippen LogP contribution in [-0.4, -0.2) is 50.5 Å². The van der Waals surface area contributed by atoms with E-state index in [9.17, 15) is 22.8 Å². The molecule has 1 N–H and O–H groups in total. The van der Waals surface area contributed by atoms with E-state index in [-0.39, 0.29) is 17.4 Å². The molecule has 234 valence electrons. The summed E-state index contributed by atoms with van der Waals surface area (Å²) in [6.45, 7) is 4.42. The van der Waals surface area contributed by atoms with E-state index >= 15 is 0 Å². The normalized spacial score (nSPS) is 14.3. The lowest BCUT2D eigenvalue weighted by Gasteiger charge is -2.21. The number of aryl methyl sites for hydroxylation is 3. The predicted molar refractivity (Wildman–Crippen MR) is 168 cm³/mol. The summed E-state index contributed by atoms with van der Waals surface area (Å²) in [5.41, 5.74) is 5.21. The Bertz CT molecular complexity index is 1700. The lowest BCUT2D eigenvalue weighted by Crippen LogP contribution is -2.32. The van der Waals surface area contributed by atoms with E-state index in [1.165, 1.54) is 47.0 Å². The van der Waals surface area contributed by atoms with Gasteiger partial charge in [-0.1, -0.05) is 55.1 Å². The molecule has 1 aromatic heterocycles. The standard InChI is InChI=1S/C32H31F3N6O3S/c1-3-23-11-6-8-21(2)28(23)41-27(42)19-45-31(41)38-30(43)36-17-5-4-9-22-10-7-12-24(18-22)29-37-20-40(39-29)25-13-15-26(16-14-25)44-32(33,34)35/h6-8,10-16,18,20H,3-5,9,17,19H2,1-2H3,(H,36,43). The van der Waals surface area contributed by atoms with Gasteiger partial charge in [-0.2, -0.15) is 4.99 Å². The number of benzene rings is 3. The van der Waals surface area contributed by atoms with Crippen LogP contribution in [0.15, 0.2) is 78.0 Å². The predicted octanol–water partition coefficient (Wildman–Crippen LogP) is 6.87. The van der Waals surface area contributed by atoms with E-state index in [1.54, 1.807) is 4.90 Å². The van der Waals surface area contributed by atoms with Crippen LogP contribution in [0.25, 0.3) is 17.1 Å². The van der Waals surface area contributed by atoms with Gasteiger partial charge in [-0.3, -0.25) is 9.69 Å². The van der Waals surface area contributed by atoms with Crippen molar-refractivity contribution in [1.29, 1.82) is 0 Å². The van der Waals surface area contributed by atoms with E-state index in [4.69, 9.17) is 0 Å². The number of para-hydroxylation sites is 1. The molecule has 1 fully saturated rings. The molecule has 0 bridgehead atoms. The molecule has 1 saturated heterocycles. The van der Waals surface area contributed by atoms with Gasteiger partial charge in [0, 0.05) is 12.1 Å². The van der Waals surface area contributed by atoms with Crippen LogP contribution in [0, 0.1) is 6.92 Å². The molecular weight excluding hydrogens is 605 g/mol. The van der Waals surface area contributed by atoms with Gasteiger partial charge in [-0.25, -0.2) is 14.5 Å². The molecule has 0 radical (unpaired) electrons. The van der Waals surface area contributed by atoms with Crippen molar-refractivity contribution >= 4 is 34.6 Å². The van der Waals surface area contributed by atoms with Crippen molar-refractivity contribution in [2.24, 2.45) is 4.99 Å². The van der Waals surface area contributed by atoms with E-state index in [2.05, 4.69) is 25.1 Å². The second-order valence-electron chi connectivity index (χ2n) is 10.3. The van der Waals surface area contributed by atoms with Crippen LogP contribution >= 0.6 is 11.8 Å². The number of anilines is 1. The summed E-state index contributed by atoms with van der Waals surface area (Å²) < 4.78 is 42.7. The molecule has 0 atom stereocenters. The summed E-state index contributed by atoms with van der Waals surface area (Å²) in [6.07, 6.45) is -0.181. The van der Waals surface area contributed by atoms with Gasteiger partial charge in [0.2, 0.25) is 5.91 Å². The largest absolute Gasteiger partial charge is 0.573 e. The first kappa shape index (κ1) is 31.8. The molecule has 5 rings (SSSR count). The van der Waals surface area contributed by atoms with Crippen LogP contribution in [-0.2, 0) is 17.6 Å². The summed E-state index contributed by atoms with van der Waals surface area (Å²) in [5, 5.41) is 7.69. The average Bonchev–Trinajstić information content (AvgIpc) is 3.64. The zero-order valence-electron chi connectivity index (χ0n) is 24.7. The number of amidine groups is 1. The summed E-state index contributed by atoms with van der Waals surface area (Å²) in [5.74, 6) is 0.319. The molecule has 3 aromatic carbocycles. The number of rotatable bonds is 10. The van der Waals surface area contributed by atoms with Crippen molar-refractivity contribution in [3.8, 4) is 22.8 Å². The molecule has 4 aromatic rings. The first-order valence-corrected chi connectivity index (χ1v) is 15.4. The summed E-state index contributed by atoms with van der Waals surface area (Å²) in [6, 6.07) is 18.6. The third-order valence-corrected chi connectivity index (χ3v) is 7.99. The van der Waals surface area contributed by atoms with Crippen LogP contribution in [0.5, 0.6) is 5.75 Å². The number of aromatic nitrogens is 3. The Labute approximate surface area is 262 Å². The molecule has 0 aliphatic carbocycles. The molecule has 9 nitrogen and oxygen atoms in total. The Hall–Kier alpha value is -4.65. The fourth-order valence-electron chi connectivity index (χ4n) is 4.95. The Kier molecular flexibility index (Phi) is 9.87. The van der Waals surface area contributed by atoms with Crippen LogP contribution in [0.1, 0.15) is 36.5 Å². The number of carbonyl (C=O) groups excluding carboxylic acids is 2. The highest BCUT2D eigenvalue weighted by molar-refractivity contribution is 8.15. The van der Waals surface area contributed by atoms with Crippen molar-refractivity contribution in [2.45, 2.75) is 45.9 Å². The van der Waals surface area contributed by atoms with Gasteiger partial charge in [-0.15, -0.1) is 18.3 Å². The number of hydrogen-bond acceptors (Lipinski definition) is 6. The quantitative estimate of drug-likeness (QED) is 0.191. The van der Waals surface area contributed by atoms with Gasteiger partial charge < -0.3 is 10.1 Å². The van der Waals surface area contributed by atoms with Gasteiger partial charge in [-0.05, 0) is 79.6 Å². The molecule has 2 heterocycles. The van der Waals surface area contributed by atoms with Crippen LogP contribution in [0.4, 0.5) is 23.7 Å². The maximum absolute atomic E-state index is 12.7. The molecule has 13 heteroatoms. The van der Waals surface area contributed by atoms with Gasteiger partial charge in [0.1, 0.15) is 12.1 Å². The first-order valence-electron chi connectivity index (χ1n) is 14.4. The maximum atomic E-state index is 12.7. The number of amides is 3. The number of nitrogens with zero attached hydrogens (tertiary/aromatic N) is 5. The Balaban J connectivity index is 1.12. The van der Waals surface area contributed by atoms with Crippen molar-refractivity contribution < 1.29 is 27.5 Å². The third kappa shape index (κ3) is 8.09. The number of aliphatic imine (C=N–C) groups is 1. The van der Waals surface area contributed by atoms with Crippen LogP contribution in [0.2, 0.25) is 0 Å². The lowest BCUT2D eigenvalue weighted by molar-refractivity contribution is -0.274. The number of unbranched alkanes of at least 4 members (excludes halogenated alkanes) is 1. The zero-order valence-corrected chi connectivity index (χ0v) is 25.5. The SMILES string of the molecule is CCc1cccc(C)c1N1C(=O)CSC1=NC(=O)NCCCCc1cccc(-c2ncn(-c3ccc(OC(F)(F)F)cc3)n2)c1. The smallest absolute Gasteiger partial charge is 0.406 e. The van der Waals surface area contributed by atoms with E-state index < -0.39 is 12.4 Å². The van der Waals surface area contributed by atoms with Gasteiger partial charge >= 0.3 is 12.4 Å². The second-order valence-corrected chi connectivity index (χ2v) is 11.2. The molecule has 1 aliphatic rings. The summed E-state index contributed by atoms with van der Waals surface area (Å²) in [4.78, 5) is 35.4. The number of nitrogens with one attached hydrogen (secondary N) is 1. The molecular formula is C32H31F3N6O3S. The first-order chi connectivity index (χ1) is 21.6. The van der Waals surface area contributed by atoms with E-state index in [0.717, 1.165) is 53.6 Å². The van der Waals surface area contributed by atoms with Crippen molar-refractivity contribution in [3.05, 3.63) is 89.7 Å². The van der Waals surface area contributed by atoms with Gasteiger partial charge in [0.25, 0.3) is 0 Å².